The minimum absolute atomic E-state index is 0.407. The molecule has 1 atom stereocenters. The normalized spacial score (nSPS) is 28.2. The molecule has 0 saturated carbocycles. The highest BCUT2D eigenvalue weighted by atomic mass is 16.5. The van der Waals surface area contributed by atoms with Gasteiger partial charge in [0.05, 0.1) is 6.61 Å². The van der Waals surface area contributed by atoms with E-state index in [1.54, 1.807) is 0 Å². The molecule has 1 unspecified atom stereocenters. The highest BCUT2D eigenvalue weighted by Gasteiger charge is 2.34. The number of hydrogen-bond acceptors (Lipinski definition) is 3. The Kier molecular flexibility index (Phi) is 6.79. The Bertz CT molecular complexity index is 258. The highest BCUT2D eigenvalue weighted by Crippen LogP contribution is 2.32. The SMILES string of the molecule is CCCC1CCCN(CC2(COC)CCNCC2)CC1. The average Bonchev–Trinajstić information content (AvgIpc) is 2.66. The molecule has 2 aliphatic heterocycles. The van der Waals surface area contributed by atoms with E-state index in [0.29, 0.717) is 5.41 Å². The topological polar surface area (TPSA) is 24.5 Å². The third-order valence-corrected chi connectivity index (χ3v) is 5.31. The van der Waals surface area contributed by atoms with Gasteiger partial charge in [-0.2, -0.15) is 0 Å². The van der Waals surface area contributed by atoms with Crippen LogP contribution in [0.2, 0.25) is 0 Å². The van der Waals surface area contributed by atoms with Crippen LogP contribution in [0.5, 0.6) is 0 Å². The van der Waals surface area contributed by atoms with Crippen LogP contribution in [-0.2, 0) is 4.74 Å². The van der Waals surface area contributed by atoms with Gasteiger partial charge in [-0.25, -0.2) is 0 Å². The molecule has 0 spiro atoms. The number of nitrogens with one attached hydrogen (secondary N) is 1. The predicted molar refractivity (Wildman–Crippen MR) is 85.1 cm³/mol. The summed E-state index contributed by atoms with van der Waals surface area (Å²) in [5.41, 5.74) is 0.407. The fourth-order valence-corrected chi connectivity index (χ4v) is 4.17. The van der Waals surface area contributed by atoms with Gasteiger partial charge in [0.1, 0.15) is 0 Å². The van der Waals surface area contributed by atoms with E-state index in [4.69, 9.17) is 4.74 Å². The van der Waals surface area contributed by atoms with Crippen LogP contribution in [0.25, 0.3) is 0 Å². The van der Waals surface area contributed by atoms with Crippen LogP contribution in [-0.4, -0.2) is 51.3 Å². The summed E-state index contributed by atoms with van der Waals surface area (Å²) in [6.07, 6.45) is 9.58. The minimum Gasteiger partial charge on any atom is -0.384 e. The second-order valence-corrected chi connectivity index (χ2v) is 7.04. The molecule has 1 N–H and O–H groups in total. The summed E-state index contributed by atoms with van der Waals surface area (Å²) in [7, 11) is 1.86. The lowest BCUT2D eigenvalue weighted by Gasteiger charge is -2.40. The van der Waals surface area contributed by atoms with Crippen molar-refractivity contribution in [1.82, 2.24) is 10.2 Å². The van der Waals surface area contributed by atoms with Gasteiger partial charge in [0.25, 0.3) is 0 Å². The molecular formula is C17H34N2O. The molecule has 0 radical (unpaired) electrons. The van der Waals surface area contributed by atoms with Gasteiger partial charge in [0.2, 0.25) is 0 Å². The van der Waals surface area contributed by atoms with Crippen molar-refractivity contribution in [3.63, 3.8) is 0 Å². The van der Waals surface area contributed by atoms with E-state index < -0.39 is 0 Å². The van der Waals surface area contributed by atoms with Crippen LogP contribution in [0.1, 0.15) is 51.9 Å². The van der Waals surface area contributed by atoms with E-state index in [9.17, 15) is 0 Å². The first-order chi connectivity index (χ1) is 9.78. The Morgan fingerprint density at radius 1 is 1.20 bits per heavy atom. The van der Waals surface area contributed by atoms with Crippen molar-refractivity contribution in [2.24, 2.45) is 11.3 Å². The van der Waals surface area contributed by atoms with E-state index in [2.05, 4.69) is 17.1 Å². The Hall–Kier alpha value is -0.120. The molecule has 3 heteroatoms. The van der Waals surface area contributed by atoms with Crippen molar-refractivity contribution in [3.05, 3.63) is 0 Å². The summed E-state index contributed by atoms with van der Waals surface area (Å²) in [5, 5.41) is 3.50. The summed E-state index contributed by atoms with van der Waals surface area (Å²) >= 11 is 0. The van der Waals surface area contributed by atoms with Gasteiger partial charge in [-0.3, -0.25) is 0 Å². The number of methoxy groups -OCH3 is 1. The van der Waals surface area contributed by atoms with Crippen molar-refractivity contribution in [1.29, 1.82) is 0 Å². The molecule has 0 aromatic carbocycles. The third kappa shape index (κ3) is 4.71. The molecule has 2 heterocycles. The van der Waals surface area contributed by atoms with E-state index in [1.807, 2.05) is 7.11 Å². The van der Waals surface area contributed by atoms with Gasteiger partial charge in [-0.1, -0.05) is 19.8 Å². The van der Waals surface area contributed by atoms with E-state index in [1.165, 1.54) is 64.6 Å². The third-order valence-electron chi connectivity index (χ3n) is 5.31. The fraction of sp³-hybridized carbons (Fsp3) is 1.00. The first-order valence-electron chi connectivity index (χ1n) is 8.70. The molecule has 118 valence electrons. The van der Waals surface area contributed by atoms with Gasteiger partial charge in [-0.05, 0) is 64.2 Å². The summed E-state index contributed by atoms with van der Waals surface area (Å²) in [6.45, 7) is 9.45. The maximum absolute atomic E-state index is 5.56. The quantitative estimate of drug-likeness (QED) is 0.811. The molecule has 0 aliphatic carbocycles. The lowest BCUT2D eigenvalue weighted by atomic mass is 9.79. The Morgan fingerprint density at radius 3 is 2.70 bits per heavy atom. The maximum atomic E-state index is 5.56. The van der Waals surface area contributed by atoms with Crippen LogP contribution in [0, 0.1) is 11.3 Å². The van der Waals surface area contributed by atoms with Crippen LogP contribution in [0.15, 0.2) is 0 Å². The van der Waals surface area contributed by atoms with Crippen molar-refractivity contribution >= 4 is 0 Å². The average molecular weight is 282 g/mol. The van der Waals surface area contributed by atoms with E-state index in [-0.39, 0.29) is 0 Å². The van der Waals surface area contributed by atoms with Crippen molar-refractivity contribution in [2.75, 3.05) is 46.4 Å². The molecule has 2 saturated heterocycles. The van der Waals surface area contributed by atoms with E-state index in [0.717, 1.165) is 25.6 Å². The second-order valence-electron chi connectivity index (χ2n) is 7.04. The zero-order valence-electron chi connectivity index (χ0n) is 13.6. The number of rotatable bonds is 6. The zero-order chi connectivity index (χ0) is 14.3. The predicted octanol–water partition coefficient (Wildman–Crippen LogP) is 2.90. The first kappa shape index (κ1) is 16.3. The number of piperidine rings is 1. The first-order valence-corrected chi connectivity index (χ1v) is 8.70. The molecular weight excluding hydrogens is 248 g/mol. The molecule has 0 amide bonds. The summed E-state index contributed by atoms with van der Waals surface area (Å²) in [6, 6.07) is 0. The standard InChI is InChI=1S/C17H34N2O/c1-3-5-16-6-4-12-19(13-7-16)14-17(15-20-2)8-10-18-11-9-17/h16,18H,3-15H2,1-2H3. The van der Waals surface area contributed by atoms with Crippen molar-refractivity contribution < 1.29 is 4.74 Å². The Morgan fingerprint density at radius 2 is 2.00 bits per heavy atom. The summed E-state index contributed by atoms with van der Waals surface area (Å²) in [5.74, 6) is 0.983. The Balaban J connectivity index is 1.86. The van der Waals surface area contributed by atoms with Crippen LogP contribution in [0.4, 0.5) is 0 Å². The largest absolute Gasteiger partial charge is 0.384 e. The monoisotopic (exact) mass is 282 g/mol. The van der Waals surface area contributed by atoms with Gasteiger partial charge in [0, 0.05) is 19.1 Å². The molecule has 0 bridgehead atoms. The molecule has 0 aromatic heterocycles. The van der Waals surface area contributed by atoms with Gasteiger partial charge in [0.15, 0.2) is 0 Å². The van der Waals surface area contributed by atoms with Crippen molar-refractivity contribution in [3.8, 4) is 0 Å². The number of likely N-dealkylation sites (tertiary alicyclic amines) is 1. The maximum Gasteiger partial charge on any atom is 0.0531 e. The molecule has 0 aromatic rings. The molecule has 2 aliphatic rings. The number of ether oxygens (including phenoxy) is 1. The van der Waals surface area contributed by atoms with Crippen LogP contribution < -0.4 is 5.32 Å². The molecule has 3 nitrogen and oxygen atoms in total. The smallest absolute Gasteiger partial charge is 0.0531 e. The van der Waals surface area contributed by atoms with Crippen LogP contribution >= 0.6 is 0 Å². The highest BCUT2D eigenvalue weighted by molar-refractivity contribution is 4.88. The number of nitrogens with zero attached hydrogens (tertiary/aromatic N) is 1. The van der Waals surface area contributed by atoms with Crippen molar-refractivity contribution in [2.45, 2.75) is 51.9 Å². The fourth-order valence-electron chi connectivity index (χ4n) is 4.17. The molecule has 2 fully saturated rings. The lowest BCUT2D eigenvalue weighted by Crippen LogP contribution is -2.47. The molecule has 20 heavy (non-hydrogen) atoms. The van der Waals surface area contributed by atoms with Gasteiger partial charge >= 0.3 is 0 Å². The van der Waals surface area contributed by atoms with Gasteiger partial charge in [-0.15, -0.1) is 0 Å². The summed E-state index contributed by atoms with van der Waals surface area (Å²) in [4.78, 5) is 2.74. The Labute approximate surface area is 125 Å². The van der Waals surface area contributed by atoms with Gasteiger partial charge < -0.3 is 15.0 Å². The molecule has 2 rings (SSSR count). The summed E-state index contributed by atoms with van der Waals surface area (Å²) < 4.78 is 5.56. The minimum atomic E-state index is 0.407. The lowest BCUT2D eigenvalue weighted by molar-refractivity contribution is 0.0229. The van der Waals surface area contributed by atoms with Crippen LogP contribution in [0.3, 0.4) is 0 Å². The second kappa shape index (κ2) is 8.35. The number of hydrogen-bond donors (Lipinski definition) is 1. The van der Waals surface area contributed by atoms with E-state index >= 15 is 0 Å². The zero-order valence-corrected chi connectivity index (χ0v) is 13.6.